The quantitative estimate of drug-likeness (QED) is 0.278. The molecule has 0 aliphatic rings. The molecule has 0 atom stereocenters. The zero-order valence-corrected chi connectivity index (χ0v) is 20.3. The van der Waals surface area contributed by atoms with Gasteiger partial charge in [-0.05, 0) is 75.8 Å². The SMILES string of the molecule is C=C.CC.CC#CC(=C/C)/C(=C\C)CCc1ccccc1.CCc1ccnc(C)c1. The average molecular weight is 404 g/mol. The number of rotatable bonds is 5. The molecule has 2 rings (SSSR count). The summed E-state index contributed by atoms with van der Waals surface area (Å²) >= 11 is 0. The molecule has 1 nitrogen and oxygen atoms in total. The van der Waals surface area contributed by atoms with Crippen molar-refractivity contribution in [2.75, 3.05) is 0 Å². The molecular formula is C29H41N. The molecule has 1 heterocycles. The van der Waals surface area contributed by atoms with Gasteiger partial charge in [-0.1, -0.05) is 69.2 Å². The fourth-order valence-corrected chi connectivity index (χ4v) is 2.65. The summed E-state index contributed by atoms with van der Waals surface area (Å²) in [6.45, 7) is 20.2. The van der Waals surface area contributed by atoms with E-state index >= 15 is 0 Å². The van der Waals surface area contributed by atoms with Crippen LogP contribution >= 0.6 is 0 Å². The van der Waals surface area contributed by atoms with Crippen molar-refractivity contribution in [3.63, 3.8) is 0 Å². The van der Waals surface area contributed by atoms with Gasteiger partial charge in [-0.25, -0.2) is 0 Å². The van der Waals surface area contributed by atoms with Crippen molar-refractivity contribution >= 4 is 0 Å². The Bertz CT molecular complexity index is 786. The average Bonchev–Trinajstić information content (AvgIpc) is 2.82. The van der Waals surface area contributed by atoms with E-state index in [1.54, 1.807) is 0 Å². The summed E-state index contributed by atoms with van der Waals surface area (Å²) in [7, 11) is 0. The minimum atomic E-state index is 1.05. The standard InChI is InChI=1S/C17H20.C8H11N.C2H6.C2H4/c1-4-10-16(5-2)17(6-3)14-13-15-11-8-7-9-12-15;1-3-8-4-5-9-7(2)6-8;2*1-2/h5-9,11-12H,13-14H2,1-3H3;4-6H,3H2,1-2H3;1-2H3;1-2H2/b16-5-,17-6-;;;. The van der Waals surface area contributed by atoms with Crippen LogP contribution in [0.2, 0.25) is 0 Å². The molecule has 0 spiro atoms. The molecule has 0 radical (unpaired) electrons. The van der Waals surface area contributed by atoms with Gasteiger partial charge in [0, 0.05) is 17.5 Å². The van der Waals surface area contributed by atoms with Crippen molar-refractivity contribution in [1.29, 1.82) is 0 Å². The molecule has 0 bridgehead atoms. The predicted molar refractivity (Wildman–Crippen MR) is 137 cm³/mol. The van der Waals surface area contributed by atoms with Crippen LogP contribution in [0.1, 0.15) is 64.8 Å². The highest BCUT2D eigenvalue weighted by molar-refractivity contribution is 5.45. The summed E-state index contributed by atoms with van der Waals surface area (Å²) in [5.74, 6) is 6.13. The van der Waals surface area contributed by atoms with E-state index in [2.05, 4.69) is 92.4 Å². The molecule has 1 aromatic heterocycles. The van der Waals surface area contributed by atoms with Gasteiger partial charge in [0.2, 0.25) is 0 Å². The molecule has 0 fully saturated rings. The van der Waals surface area contributed by atoms with Crippen molar-refractivity contribution in [2.45, 2.75) is 67.7 Å². The zero-order valence-electron chi connectivity index (χ0n) is 20.3. The van der Waals surface area contributed by atoms with Gasteiger partial charge in [-0.2, -0.15) is 0 Å². The molecular weight excluding hydrogens is 362 g/mol. The first-order chi connectivity index (χ1) is 14.6. The van der Waals surface area contributed by atoms with Gasteiger partial charge < -0.3 is 0 Å². The molecule has 0 saturated heterocycles. The third-order valence-corrected chi connectivity index (χ3v) is 4.14. The number of benzene rings is 1. The number of pyridine rings is 1. The van der Waals surface area contributed by atoms with Gasteiger partial charge in [0.1, 0.15) is 0 Å². The van der Waals surface area contributed by atoms with Crippen LogP contribution in [0.15, 0.2) is 85.1 Å². The minimum absolute atomic E-state index is 1.05. The molecule has 0 N–H and O–H groups in total. The van der Waals surface area contributed by atoms with Crippen LogP contribution in [0.4, 0.5) is 0 Å². The second-order valence-electron chi connectivity index (χ2n) is 6.04. The Morgan fingerprint density at radius 1 is 1.00 bits per heavy atom. The number of allylic oxidation sites excluding steroid dienone is 4. The Balaban J connectivity index is 0. The predicted octanol–water partition coefficient (Wildman–Crippen LogP) is 8.32. The summed E-state index contributed by atoms with van der Waals surface area (Å²) in [6.07, 6.45) is 9.34. The second-order valence-corrected chi connectivity index (χ2v) is 6.04. The zero-order chi connectivity index (χ0) is 23.2. The smallest absolute Gasteiger partial charge is 0.0375 e. The number of aromatic nitrogens is 1. The molecule has 1 aromatic carbocycles. The van der Waals surface area contributed by atoms with E-state index < -0.39 is 0 Å². The third-order valence-electron chi connectivity index (χ3n) is 4.14. The number of hydrogen-bond acceptors (Lipinski definition) is 1. The lowest BCUT2D eigenvalue weighted by Crippen LogP contribution is -1.92. The normalized spacial score (nSPS) is 9.97. The van der Waals surface area contributed by atoms with Gasteiger partial charge in [-0.3, -0.25) is 4.98 Å². The number of aryl methyl sites for hydroxylation is 3. The molecule has 0 unspecified atom stereocenters. The van der Waals surface area contributed by atoms with Crippen LogP contribution in [0.5, 0.6) is 0 Å². The Morgan fingerprint density at radius 2 is 1.63 bits per heavy atom. The molecule has 2 aromatic rings. The topological polar surface area (TPSA) is 12.9 Å². The van der Waals surface area contributed by atoms with Crippen LogP contribution in [-0.4, -0.2) is 4.98 Å². The van der Waals surface area contributed by atoms with Crippen molar-refractivity contribution in [3.8, 4) is 11.8 Å². The van der Waals surface area contributed by atoms with Crippen LogP contribution in [0, 0.1) is 18.8 Å². The maximum Gasteiger partial charge on any atom is 0.0375 e. The van der Waals surface area contributed by atoms with Crippen LogP contribution in [0.25, 0.3) is 0 Å². The Labute approximate surface area is 186 Å². The van der Waals surface area contributed by atoms with Gasteiger partial charge >= 0.3 is 0 Å². The van der Waals surface area contributed by atoms with E-state index in [-0.39, 0.29) is 0 Å². The van der Waals surface area contributed by atoms with Gasteiger partial charge in [0.05, 0.1) is 0 Å². The van der Waals surface area contributed by atoms with Gasteiger partial charge in [-0.15, -0.1) is 19.1 Å². The number of hydrogen-bond donors (Lipinski definition) is 0. The molecule has 162 valence electrons. The maximum atomic E-state index is 4.09. The molecule has 0 amide bonds. The third kappa shape index (κ3) is 13.3. The first kappa shape index (κ1) is 29.4. The molecule has 30 heavy (non-hydrogen) atoms. The lowest BCUT2D eigenvalue weighted by atomic mass is 9.98. The highest BCUT2D eigenvalue weighted by Gasteiger charge is 2.01. The van der Waals surface area contributed by atoms with Crippen molar-refractivity contribution in [2.24, 2.45) is 0 Å². The number of nitrogens with zero attached hydrogens (tertiary/aromatic N) is 1. The van der Waals surface area contributed by atoms with E-state index in [4.69, 9.17) is 0 Å². The summed E-state index contributed by atoms with van der Waals surface area (Å²) in [4.78, 5) is 4.09. The van der Waals surface area contributed by atoms with E-state index in [1.807, 2.05) is 46.9 Å². The highest BCUT2D eigenvalue weighted by Crippen LogP contribution is 2.16. The summed E-state index contributed by atoms with van der Waals surface area (Å²) < 4.78 is 0. The van der Waals surface area contributed by atoms with E-state index in [9.17, 15) is 0 Å². The highest BCUT2D eigenvalue weighted by atomic mass is 14.6. The van der Waals surface area contributed by atoms with Crippen molar-refractivity contribution < 1.29 is 0 Å². The minimum Gasteiger partial charge on any atom is -0.262 e. The fourth-order valence-electron chi connectivity index (χ4n) is 2.65. The largest absolute Gasteiger partial charge is 0.262 e. The van der Waals surface area contributed by atoms with Crippen LogP contribution in [-0.2, 0) is 12.8 Å². The fraction of sp³-hybridized carbons (Fsp3) is 0.345. The Morgan fingerprint density at radius 3 is 2.07 bits per heavy atom. The lowest BCUT2D eigenvalue weighted by Gasteiger charge is -2.06. The van der Waals surface area contributed by atoms with E-state index in [0.717, 1.165) is 30.5 Å². The van der Waals surface area contributed by atoms with Crippen LogP contribution < -0.4 is 0 Å². The molecule has 0 saturated carbocycles. The van der Waals surface area contributed by atoms with E-state index in [1.165, 1.54) is 16.7 Å². The monoisotopic (exact) mass is 403 g/mol. The van der Waals surface area contributed by atoms with E-state index in [0.29, 0.717) is 0 Å². The first-order valence-electron chi connectivity index (χ1n) is 10.8. The molecule has 0 aliphatic carbocycles. The molecule has 1 heteroatoms. The summed E-state index contributed by atoms with van der Waals surface area (Å²) in [5, 5.41) is 0. The summed E-state index contributed by atoms with van der Waals surface area (Å²) in [5.41, 5.74) is 6.35. The Hall–Kier alpha value is -2.85. The first-order valence-corrected chi connectivity index (χ1v) is 10.8. The molecule has 0 aliphatic heterocycles. The van der Waals surface area contributed by atoms with Crippen molar-refractivity contribution in [1.82, 2.24) is 4.98 Å². The lowest BCUT2D eigenvalue weighted by molar-refractivity contribution is 0.953. The van der Waals surface area contributed by atoms with Gasteiger partial charge in [0.15, 0.2) is 0 Å². The van der Waals surface area contributed by atoms with Crippen LogP contribution in [0.3, 0.4) is 0 Å². The van der Waals surface area contributed by atoms with Crippen molar-refractivity contribution in [3.05, 3.63) is 102 Å². The second kappa shape index (κ2) is 20.9. The maximum absolute atomic E-state index is 4.09. The summed E-state index contributed by atoms with van der Waals surface area (Å²) in [6, 6.07) is 14.7. The Kier molecular flexibility index (Phi) is 20.4. The van der Waals surface area contributed by atoms with Gasteiger partial charge in [0.25, 0.3) is 0 Å².